The fourth-order valence-corrected chi connectivity index (χ4v) is 0.142. The van der Waals surface area contributed by atoms with Crippen molar-refractivity contribution in [3.8, 4) is 0 Å². The zero-order valence-electron chi connectivity index (χ0n) is 4.76. The maximum absolute atomic E-state index is 9.60. The number of primary amides is 1. The number of carbonyl (C=O) groups is 1. The molecule has 5 heteroatoms. The minimum atomic E-state index is -0.711. The highest BCUT2D eigenvalue weighted by atomic mass is 16.5. The Morgan fingerprint density at radius 1 is 1.62 bits per heavy atom. The van der Waals surface area contributed by atoms with Crippen LogP contribution in [0.15, 0.2) is 0 Å². The van der Waals surface area contributed by atoms with E-state index >= 15 is 0 Å². The van der Waals surface area contributed by atoms with E-state index in [4.69, 9.17) is 0 Å². The Morgan fingerprint density at radius 3 is 2.00 bits per heavy atom. The van der Waals surface area contributed by atoms with Crippen LogP contribution in [0.4, 0.5) is 4.79 Å². The standard InChI is InChI=1S/C3H7NO2.H4N2/c1-2-6-3(4)5;1-2/h2H2,1H3,(H2,4,5);1-2H2. The second-order valence-corrected chi connectivity index (χ2v) is 0.752. The first-order valence-electron chi connectivity index (χ1n) is 2.03. The van der Waals surface area contributed by atoms with Gasteiger partial charge in [0.2, 0.25) is 0 Å². The topological polar surface area (TPSA) is 104 Å². The Morgan fingerprint density at radius 2 is 2.00 bits per heavy atom. The van der Waals surface area contributed by atoms with Crippen molar-refractivity contribution >= 4 is 6.09 Å². The van der Waals surface area contributed by atoms with Crippen LogP contribution in [-0.2, 0) is 4.74 Å². The number of nitrogens with two attached hydrogens (primary N) is 3. The molecule has 0 unspecified atom stereocenters. The fourth-order valence-electron chi connectivity index (χ4n) is 0.142. The second-order valence-electron chi connectivity index (χ2n) is 0.752. The SMILES string of the molecule is CCOC(N)=O.NN. The summed E-state index contributed by atoms with van der Waals surface area (Å²) in [4.78, 5) is 9.60. The third kappa shape index (κ3) is 19.0. The van der Waals surface area contributed by atoms with Gasteiger partial charge >= 0.3 is 6.09 Å². The van der Waals surface area contributed by atoms with Crippen LogP contribution < -0.4 is 17.4 Å². The van der Waals surface area contributed by atoms with Gasteiger partial charge in [0.1, 0.15) is 0 Å². The Labute approximate surface area is 47.7 Å². The van der Waals surface area contributed by atoms with Crippen LogP contribution in [0.3, 0.4) is 0 Å². The lowest BCUT2D eigenvalue weighted by molar-refractivity contribution is 0.163. The number of amides is 1. The lowest BCUT2D eigenvalue weighted by atomic mass is 10.9. The third-order valence-corrected chi connectivity index (χ3v) is 0.287. The van der Waals surface area contributed by atoms with E-state index in [2.05, 4.69) is 22.2 Å². The summed E-state index contributed by atoms with van der Waals surface area (Å²) in [5.74, 6) is 8.00. The molecule has 6 N–H and O–H groups in total. The van der Waals surface area contributed by atoms with Gasteiger partial charge in [-0.3, -0.25) is 11.7 Å². The lowest BCUT2D eigenvalue weighted by Gasteiger charge is -1.89. The Bertz CT molecular complexity index is 56.5. The molecule has 1 amide bonds. The lowest BCUT2D eigenvalue weighted by Crippen LogP contribution is -2.11. The van der Waals surface area contributed by atoms with Gasteiger partial charge in [0.25, 0.3) is 0 Å². The van der Waals surface area contributed by atoms with Gasteiger partial charge in [0.05, 0.1) is 6.61 Å². The summed E-state index contributed by atoms with van der Waals surface area (Å²) >= 11 is 0. The van der Waals surface area contributed by atoms with Gasteiger partial charge < -0.3 is 10.5 Å². The Balaban J connectivity index is 0. The molecule has 50 valence electrons. The van der Waals surface area contributed by atoms with E-state index in [0.29, 0.717) is 6.61 Å². The van der Waals surface area contributed by atoms with Gasteiger partial charge in [-0.1, -0.05) is 0 Å². The molecule has 0 heterocycles. The van der Waals surface area contributed by atoms with E-state index in [9.17, 15) is 4.79 Å². The number of ether oxygens (including phenoxy) is 1. The fraction of sp³-hybridized carbons (Fsp3) is 0.667. The summed E-state index contributed by atoms with van der Waals surface area (Å²) in [6.07, 6.45) is -0.711. The van der Waals surface area contributed by atoms with Gasteiger partial charge in [0, 0.05) is 0 Å². The number of hydrogen-bond acceptors (Lipinski definition) is 4. The molecule has 0 aromatic heterocycles. The van der Waals surface area contributed by atoms with Crippen molar-refractivity contribution in [2.24, 2.45) is 17.4 Å². The van der Waals surface area contributed by atoms with E-state index in [1.54, 1.807) is 6.92 Å². The van der Waals surface area contributed by atoms with Crippen LogP contribution in [-0.4, -0.2) is 12.7 Å². The quantitative estimate of drug-likeness (QED) is 0.303. The van der Waals surface area contributed by atoms with E-state index in [0.717, 1.165) is 0 Å². The first kappa shape index (κ1) is 10.2. The van der Waals surface area contributed by atoms with E-state index in [1.807, 2.05) is 0 Å². The molecule has 0 spiro atoms. The minimum Gasteiger partial charge on any atom is -0.450 e. The van der Waals surface area contributed by atoms with Gasteiger partial charge in [-0.2, -0.15) is 0 Å². The van der Waals surface area contributed by atoms with Crippen LogP contribution in [0, 0.1) is 0 Å². The maximum atomic E-state index is 9.60. The molecule has 0 rings (SSSR count). The van der Waals surface area contributed by atoms with Crippen molar-refractivity contribution in [2.45, 2.75) is 6.92 Å². The number of hydrazine groups is 1. The molecule has 5 nitrogen and oxygen atoms in total. The predicted molar refractivity (Wildman–Crippen MR) is 29.6 cm³/mol. The van der Waals surface area contributed by atoms with Gasteiger partial charge in [-0.05, 0) is 6.92 Å². The summed E-state index contributed by atoms with van der Waals surface area (Å²) in [6.45, 7) is 2.06. The summed E-state index contributed by atoms with van der Waals surface area (Å²) < 4.78 is 4.18. The third-order valence-electron chi connectivity index (χ3n) is 0.287. The summed E-state index contributed by atoms with van der Waals surface area (Å²) in [5.41, 5.74) is 4.54. The molecule has 8 heavy (non-hydrogen) atoms. The molecule has 0 aliphatic carbocycles. The smallest absolute Gasteiger partial charge is 0.404 e. The van der Waals surface area contributed by atoms with Gasteiger partial charge in [-0.25, -0.2) is 4.79 Å². The largest absolute Gasteiger partial charge is 0.450 e. The number of hydrogen-bond donors (Lipinski definition) is 3. The monoisotopic (exact) mass is 121 g/mol. The van der Waals surface area contributed by atoms with Crippen LogP contribution >= 0.6 is 0 Å². The molecule has 0 aliphatic heterocycles. The average Bonchev–Trinajstić information content (AvgIpc) is 1.72. The summed E-state index contributed by atoms with van der Waals surface area (Å²) in [6, 6.07) is 0. The van der Waals surface area contributed by atoms with Crippen LogP contribution in [0.5, 0.6) is 0 Å². The van der Waals surface area contributed by atoms with Crippen molar-refractivity contribution in [3.63, 3.8) is 0 Å². The first-order chi connectivity index (χ1) is 3.77. The van der Waals surface area contributed by atoms with Crippen molar-refractivity contribution in [3.05, 3.63) is 0 Å². The minimum absolute atomic E-state index is 0.356. The molecule has 0 saturated carbocycles. The predicted octanol–water partition coefficient (Wildman–Crippen LogP) is -1.08. The molecule has 0 bridgehead atoms. The molecule has 0 fully saturated rings. The van der Waals surface area contributed by atoms with Crippen molar-refractivity contribution in [1.82, 2.24) is 0 Å². The highest BCUT2D eigenvalue weighted by Crippen LogP contribution is 1.66. The first-order valence-corrected chi connectivity index (χ1v) is 2.03. The molecule has 0 atom stereocenters. The molecule has 0 saturated heterocycles. The van der Waals surface area contributed by atoms with Crippen LogP contribution in [0.25, 0.3) is 0 Å². The molecular formula is C3H11N3O2. The zero-order valence-corrected chi connectivity index (χ0v) is 4.76. The molecule has 0 aromatic rings. The van der Waals surface area contributed by atoms with E-state index in [-0.39, 0.29) is 0 Å². The number of carbonyl (C=O) groups excluding carboxylic acids is 1. The van der Waals surface area contributed by atoms with Crippen LogP contribution in [0.2, 0.25) is 0 Å². The van der Waals surface area contributed by atoms with E-state index in [1.165, 1.54) is 0 Å². The summed E-state index contributed by atoms with van der Waals surface area (Å²) in [7, 11) is 0. The van der Waals surface area contributed by atoms with Crippen LogP contribution in [0.1, 0.15) is 6.92 Å². The highest BCUT2D eigenvalue weighted by Gasteiger charge is 1.82. The van der Waals surface area contributed by atoms with Gasteiger partial charge in [0.15, 0.2) is 0 Å². The second kappa shape index (κ2) is 9.50. The summed E-state index contributed by atoms with van der Waals surface area (Å²) in [5, 5.41) is 0. The normalized spacial score (nSPS) is 6.38. The highest BCUT2D eigenvalue weighted by molar-refractivity contribution is 5.64. The maximum Gasteiger partial charge on any atom is 0.404 e. The van der Waals surface area contributed by atoms with E-state index < -0.39 is 6.09 Å². The molecule has 0 aliphatic rings. The molecular weight excluding hydrogens is 110 g/mol. The Hall–Kier alpha value is -0.810. The number of rotatable bonds is 1. The Kier molecular flexibility index (Phi) is 12.1. The average molecular weight is 121 g/mol. The molecule has 0 aromatic carbocycles. The van der Waals surface area contributed by atoms with Crippen molar-refractivity contribution in [2.75, 3.05) is 6.61 Å². The van der Waals surface area contributed by atoms with Gasteiger partial charge in [-0.15, -0.1) is 0 Å². The molecule has 0 radical (unpaired) electrons. The zero-order chi connectivity index (χ0) is 6.99. The van der Waals surface area contributed by atoms with Crippen molar-refractivity contribution < 1.29 is 9.53 Å². The van der Waals surface area contributed by atoms with Crippen molar-refractivity contribution in [1.29, 1.82) is 0 Å².